The van der Waals surface area contributed by atoms with Gasteiger partial charge in [-0.05, 0) is 55.5 Å². The van der Waals surface area contributed by atoms with Gasteiger partial charge in [0, 0.05) is 35.2 Å². The Balaban J connectivity index is 1.42. The smallest absolute Gasteiger partial charge is 0.215 e. The van der Waals surface area contributed by atoms with Crippen molar-refractivity contribution < 1.29 is 14.2 Å². The molecule has 0 amide bonds. The highest BCUT2D eigenvalue weighted by Crippen LogP contribution is 2.40. The van der Waals surface area contributed by atoms with Crippen LogP contribution in [0.5, 0.6) is 5.75 Å². The Kier molecular flexibility index (Phi) is 7.72. The van der Waals surface area contributed by atoms with Gasteiger partial charge in [-0.15, -0.1) is 0 Å². The van der Waals surface area contributed by atoms with Gasteiger partial charge in [-0.25, -0.2) is 4.98 Å². The molecule has 0 bridgehead atoms. The third kappa shape index (κ3) is 5.96. The van der Waals surface area contributed by atoms with Gasteiger partial charge in [0.1, 0.15) is 18.5 Å². The summed E-state index contributed by atoms with van der Waals surface area (Å²) in [5.74, 6) is -0.359. The van der Waals surface area contributed by atoms with Gasteiger partial charge in [-0.1, -0.05) is 29.3 Å². The van der Waals surface area contributed by atoms with E-state index in [1.165, 1.54) is 0 Å². The molecule has 10 heteroatoms. The molecule has 1 aliphatic heterocycles. The molecule has 7 nitrogen and oxygen atoms in total. The van der Waals surface area contributed by atoms with Gasteiger partial charge < -0.3 is 29.4 Å². The Morgan fingerprint density at radius 3 is 2.79 bits per heavy atom. The molecule has 0 radical (unpaired) electrons. The molecule has 2 atom stereocenters. The Labute approximate surface area is 208 Å². The Hall–Kier alpha value is -2.36. The van der Waals surface area contributed by atoms with Crippen molar-refractivity contribution in [2.45, 2.75) is 25.4 Å². The number of benzene rings is 2. The van der Waals surface area contributed by atoms with Crippen LogP contribution in [0, 0.1) is 0 Å². The van der Waals surface area contributed by atoms with Crippen LogP contribution < -0.4 is 15.4 Å². The first-order valence-corrected chi connectivity index (χ1v) is 11.6. The molecule has 0 saturated carbocycles. The van der Waals surface area contributed by atoms with Crippen molar-refractivity contribution in [1.82, 2.24) is 14.9 Å². The van der Waals surface area contributed by atoms with Crippen LogP contribution in [0.4, 0.5) is 5.69 Å². The molecule has 3 aromatic rings. The van der Waals surface area contributed by atoms with Crippen molar-refractivity contribution in [3.63, 3.8) is 0 Å². The number of thiocarbonyl (C=S) groups is 1. The standard InChI is InChI=1S/C23H24Cl2N4O3S/c1-2-27-22(33)28-17-4-6-18(7-5-17)30-12-19-13-31-23(32-19,14-29-10-9-26-15-29)20-8-3-16(24)11-21(20)25/h3-11,15,19H,2,12-14H2,1H3,(H2,27,28,33). The summed E-state index contributed by atoms with van der Waals surface area (Å²) in [5, 5.41) is 7.77. The maximum absolute atomic E-state index is 6.51. The molecule has 4 rings (SSSR count). The SMILES string of the molecule is CCNC(=S)Nc1ccc(OCC2COC(Cn3ccnc3)(c3ccc(Cl)cc3Cl)O2)cc1. The maximum atomic E-state index is 6.51. The minimum Gasteiger partial charge on any atom is -0.491 e. The van der Waals surface area contributed by atoms with E-state index in [0.717, 1.165) is 18.0 Å². The van der Waals surface area contributed by atoms with Crippen LogP contribution in [-0.2, 0) is 21.8 Å². The normalized spacial score (nSPS) is 19.9. The number of rotatable bonds is 8. The van der Waals surface area contributed by atoms with E-state index in [2.05, 4.69) is 15.6 Å². The molecule has 33 heavy (non-hydrogen) atoms. The lowest BCUT2D eigenvalue weighted by Crippen LogP contribution is -2.34. The Morgan fingerprint density at radius 1 is 1.27 bits per heavy atom. The van der Waals surface area contributed by atoms with Gasteiger partial charge in [0.15, 0.2) is 5.11 Å². The fourth-order valence-corrected chi connectivity index (χ4v) is 4.35. The number of anilines is 1. The minimum atomic E-state index is -1.08. The second-order valence-corrected chi connectivity index (χ2v) is 8.73. The van der Waals surface area contributed by atoms with E-state index >= 15 is 0 Å². The maximum Gasteiger partial charge on any atom is 0.215 e. The summed E-state index contributed by atoms with van der Waals surface area (Å²) >= 11 is 17.8. The van der Waals surface area contributed by atoms with Crippen LogP contribution in [0.25, 0.3) is 0 Å². The zero-order valence-electron chi connectivity index (χ0n) is 18.0. The second kappa shape index (κ2) is 10.7. The van der Waals surface area contributed by atoms with E-state index in [-0.39, 0.29) is 6.10 Å². The molecule has 174 valence electrons. The summed E-state index contributed by atoms with van der Waals surface area (Å²) in [7, 11) is 0. The number of imidazole rings is 1. The molecule has 1 aliphatic rings. The summed E-state index contributed by atoms with van der Waals surface area (Å²) in [5.41, 5.74) is 1.59. The molecule has 1 saturated heterocycles. The van der Waals surface area contributed by atoms with Crippen LogP contribution in [0.3, 0.4) is 0 Å². The number of aromatic nitrogens is 2. The fourth-order valence-electron chi connectivity index (χ4n) is 3.53. The van der Waals surface area contributed by atoms with Gasteiger partial charge in [-0.3, -0.25) is 0 Å². The number of hydrogen-bond acceptors (Lipinski definition) is 5. The monoisotopic (exact) mass is 506 g/mol. The first-order valence-electron chi connectivity index (χ1n) is 10.5. The predicted molar refractivity (Wildman–Crippen MR) is 133 cm³/mol. The van der Waals surface area contributed by atoms with Crippen molar-refractivity contribution in [2.24, 2.45) is 0 Å². The number of halogens is 2. The summed E-state index contributed by atoms with van der Waals surface area (Å²) in [6.07, 6.45) is 4.97. The molecule has 0 aliphatic carbocycles. The fraction of sp³-hybridized carbons (Fsp3) is 0.304. The van der Waals surface area contributed by atoms with Gasteiger partial charge in [0.2, 0.25) is 5.79 Å². The van der Waals surface area contributed by atoms with E-state index in [4.69, 9.17) is 49.6 Å². The van der Waals surface area contributed by atoms with E-state index < -0.39 is 5.79 Å². The van der Waals surface area contributed by atoms with Crippen LogP contribution in [0.2, 0.25) is 10.0 Å². The van der Waals surface area contributed by atoms with Crippen LogP contribution >= 0.6 is 35.4 Å². The average molecular weight is 507 g/mol. The molecule has 2 heterocycles. The van der Waals surface area contributed by atoms with E-state index in [0.29, 0.717) is 40.5 Å². The topological polar surface area (TPSA) is 69.6 Å². The lowest BCUT2D eigenvalue weighted by Gasteiger charge is -2.30. The third-order valence-corrected chi connectivity index (χ3v) is 5.83. The predicted octanol–water partition coefficient (Wildman–Crippen LogP) is 4.84. The molecular formula is C23H24Cl2N4O3S. The largest absolute Gasteiger partial charge is 0.491 e. The quantitative estimate of drug-likeness (QED) is 0.423. The molecule has 0 spiro atoms. The van der Waals surface area contributed by atoms with Crippen molar-refractivity contribution in [2.75, 3.05) is 25.1 Å². The van der Waals surface area contributed by atoms with E-state index in [1.54, 1.807) is 24.7 Å². The van der Waals surface area contributed by atoms with Crippen molar-refractivity contribution in [1.29, 1.82) is 0 Å². The number of nitrogens with one attached hydrogen (secondary N) is 2. The number of nitrogens with zero attached hydrogens (tertiary/aromatic N) is 2. The zero-order valence-corrected chi connectivity index (χ0v) is 20.3. The minimum absolute atomic E-state index is 0.292. The summed E-state index contributed by atoms with van der Waals surface area (Å²) in [6, 6.07) is 12.8. The number of ether oxygens (including phenoxy) is 3. The lowest BCUT2D eigenvalue weighted by molar-refractivity contribution is -0.189. The highest BCUT2D eigenvalue weighted by molar-refractivity contribution is 7.80. The molecular weight excluding hydrogens is 483 g/mol. The third-order valence-electron chi connectivity index (χ3n) is 5.04. The molecule has 1 aromatic heterocycles. The summed E-state index contributed by atoms with van der Waals surface area (Å²) < 4.78 is 20.4. The second-order valence-electron chi connectivity index (χ2n) is 7.48. The van der Waals surface area contributed by atoms with E-state index in [9.17, 15) is 0 Å². The summed E-state index contributed by atoms with van der Waals surface area (Å²) in [4.78, 5) is 4.11. The summed E-state index contributed by atoms with van der Waals surface area (Å²) in [6.45, 7) is 3.81. The number of hydrogen-bond donors (Lipinski definition) is 2. The molecule has 2 aromatic carbocycles. The van der Waals surface area contributed by atoms with Gasteiger partial charge in [0.25, 0.3) is 0 Å². The van der Waals surface area contributed by atoms with Crippen LogP contribution in [0.1, 0.15) is 12.5 Å². The molecule has 1 fully saturated rings. The highest BCUT2D eigenvalue weighted by atomic mass is 35.5. The average Bonchev–Trinajstić information content (AvgIpc) is 3.44. The molecule has 2 unspecified atom stereocenters. The van der Waals surface area contributed by atoms with Crippen LogP contribution in [0.15, 0.2) is 61.2 Å². The Morgan fingerprint density at radius 2 is 2.09 bits per heavy atom. The van der Waals surface area contributed by atoms with Gasteiger partial charge in [-0.2, -0.15) is 0 Å². The van der Waals surface area contributed by atoms with Crippen molar-refractivity contribution >= 4 is 46.2 Å². The Bertz CT molecular complexity index is 1080. The first kappa shape index (κ1) is 23.8. The van der Waals surface area contributed by atoms with E-state index in [1.807, 2.05) is 48.0 Å². The van der Waals surface area contributed by atoms with Gasteiger partial charge >= 0.3 is 0 Å². The van der Waals surface area contributed by atoms with Crippen molar-refractivity contribution in [3.05, 3.63) is 76.8 Å². The highest BCUT2D eigenvalue weighted by Gasteiger charge is 2.45. The molecule has 2 N–H and O–H groups in total. The van der Waals surface area contributed by atoms with Crippen LogP contribution in [-0.4, -0.2) is 40.5 Å². The van der Waals surface area contributed by atoms with Gasteiger partial charge in [0.05, 0.1) is 24.5 Å². The van der Waals surface area contributed by atoms with Crippen molar-refractivity contribution in [3.8, 4) is 5.75 Å². The first-order chi connectivity index (χ1) is 16.0. The lowest BCUT2D eigenvalue weighted by atomic mass is 10.1. The zero-order chi connectivity index (χ0) is 23.3.